The molecule has 0 radical (unpaired) electrons. The van der Waals surface area contributed by atoms with E-state index >= 15 is 0 Å². The van der Waals surface area contributed by atoms with Gasteiger partial charge in [0.1, 0.15) is 0 Å². The molecule has 4 N–H and O–H groups in total. The summed E-state index contributed by atoms with van der Waals surface area (Å²) in [4.78, 5) is 9.49. The van der Waals surface area contributed by atoms with Gasteiger partial charge < -0.3 is 0 Å². The number of nitrogens with two attached hydrogens (primary N) is 2. The number of sulfonamides is 2. The summed E-state index contributed by atoms with van der Waals surface area (Å²) in [5, 5.41) is 13.9. The van der Waals surface area contributed by atoms with Crippen LogP contribution in [0.5, 0.6) is 0 Å². The van der Waals surface area contributed by atoms with Crippen molar-refractivity contribution in [2.24, 2.45) is 10.3 Å². The van der Waals surface area contributed by atoms with Crippen LogP contribution in [0.2, 0.25) is 10.0 Å². The van der Waals surface area contributed by atoms with Crippen molar-refractivity contribution in [2.45, 2.75) is 23.6 Å². The lowest BCUT2D eigenvalue weighted by molar-refractivity contribution is 0.595. The Morgan fingerprint density at radius 2 is 1.28 bits per heavy atom. The molecular formula is C32H26Cl2N4O4S4. The van der Waals surface area contributed by atoms with Crippen LogP contribution < -0.4 is 10.3 Å². The van der Waals surface area contributed by atoms with Gasteiger partial charge in [0.15, 0.2) is 0 Å². The summed E-state index contributed by atoms with van der Waals surface area (Å²) in [6.07, 6.45) is 1.72. The lowest BCUT2D eigenvalue weighted by Crippen LogP contribution is -2.14. The first-order chi connectivity index (χ1) is 21.7. The Morgan fingerprint density at radius 3 is 1.80 bits per heavy atom. The summed E-state index contributed by atoms with van der Waals surface area (Å²) >= 11 is 14.8. The predicted molar refractivity (Wildman–Crippen MR) is 188 cm³/mol. The zero-order valence-electron chi connectivity index (χ0n) is 24.3. The van der Waals surface area contributed by atoms with Gasteiger partial charge in [0, 0.05) is 32.7 Å². The summed E-state index contributed by atoms with van der Waals surface area (Å²) in [6.45, 7) is 3.49. The molecule has 0 aliphatic heterocycles. The van der Waals surface area contributed by atoms with Gasteiger partial charge in [-0.25, -0.2) is 32.1 Å². The number of primary sulfonamides is 2. The van der Waals surface area contributed by atoms with Crippen LogP contribution in [0.15, 0.2) is 105 Å². The first kappa shape index (κ1) is 33.9. The molecule has 6 rings (SSSR count). The highest BCUT2D eigenvalue weighted by Gasteiger charge is 2.21. The van der Waals surface area contributed by atoms with Gasteiger partial charge >= 0.3 is 0 Å². The maximum absolute atomic E-state index is 12.0. The molecule has 6 aromatic rings. The molecule has 8 nitrogen and oxygen atoms in total. The van der Waals surface area contributed by atoms with E-state index in [4.69, 9.17) is 33.5 Å². The third kappa shape index (κ3) is 7.56. The number of hydrogen-bond donors (Lipinski definition) is 2. The minimum atomic E-state index is -3.84. The molecule has 0 unspecified atom stereocenters. The largest absolute Gasteiger partial charge is 0.252 e. The Balaban J connectivity index is 0.000000181. The molecule has 4 aromatic carbocycles. The molecule has 0 amide bonds. The van der Waals surface area contributed by atoms with Gasteiger partial charge in [-0.15, -0.1) is 22.7 Å². The lowest BCUT2D eigenvalue weighted by atomic mass is 9.95. The summed E-state index contributed by atoms with van der Waals surface area (Å²) in [6, 6.07) is 21.4. The van der Waals surface area contributed by atoms with E-state index in [0.29, 0.717) is 21.2 Å². The van der Waals surface area contributed by atoms with Crippen LogP contribution in [0, 0.1) is 13.8 Å². The minimum Gasteiger partial charge on any atom is -0.252 e. The maximum Gasteiger partial charge on any atom is 0.238 e. The zero-order chi connectivity index (χ0) is 33.2. The van der Waals surface area contributed by atoms with Crippen molar-refractivity contribution in [3.05, 3.63) is 117 Å². The molecule has 0 saturated carbocycles. The van der Waals surface area contributed by atoms with Crippen molar-refractivity contribution < 1.29 is 16.8 Å². The molecule has 46 heavy (non-hydrogen) atoms. The Kier molecular flexibility index (Phi) is 10.1. The topological polar surface area (TPSA) is 146 Å². The molecule has 14 heteroatoms. The molecular weight excluding hydrogens is 704 g/mol. The second-order valence-corrected chi connectivity index (χ2v) is 15.6. The first-order valence-electron chi connectivity index (χ1n) is 13.4. The van der Waals surface area contributed by atoms with E-state index in [9.17, 15) is 16.8 Å². The van der Waals surface area contributed by atoms with Gasteiger partial charge in [0.05, 0.1) is 31.4 Å². The molecule has 0 spiro atoms. The summed E-state index contributed by atoms with van der Waals surface area (Å²) in [7, 11) is -7.63. The van der Waals surface area contributed by atoms with Crippen LogP contribution in [0.4, 0.5) is 0 Å². The smallest absolute Gasteiger partial charge is 0.238 e. The van der Waals surface area contributed by atoms with Crippen LogP contribution in [0.25, 0.3) is 44.0 Å². The minimum absolute atomic E-state index is 0.105. The molecule has 0 bridgehead atoms. The average Bonchev–Trinajstić information content (AvgIpc) is 3.73. The summed E-state index contributed by atoms with van der Waals surface area (Å²) < 4.78 is 47.5. The third-order valence-electron chi connectivity index (χ3n) is 7.11. The van der Waals surface area contributed by atoms with Crippen molar-refractivity contribution in [3.63, 3.8) is 0 Å². The second-order valence-electron chi connectivity index (χ2n) is 10.1. The Bertz CT molecular complexity index is 2220. The monoisotopic (exact) mass is 728 g/mol. The molecule has 0 atom stereocenters. The molecule has 0 aliphatic rings. The van der Waals surface area contributed by atoms with Crippen LogP contribution in [-0.4, -0.2) is 26.8 Å². The molecule has 0 aliphatic carbocycles. The van der Waals surface area contributed by atoms with Gasteiger partial charge in [-0.3, -0.25) is 4.98 Å². The van der Waals surface area contributed by atoms with Crippen molar-refractivity contribution in [1.29, 1.82) is 0 Å². The SMILES string of the molecule is Cc1c(-c2cscn2)cc(-c2ccc(Cl)cc2)cc1S(N)(=O)=O.Cc1c(S(N)(=O)=O)ccc(-c2ccc(Cl)cc2)c1-c1cncs1. The van der Waals surface area contributed by atoms with Gasteiger partial charge in [-0.2, -0.15) is 0 Å². The Labute approximate surface area is 285 Å². The number of aromatic nitrogens is 2. The standard InChI is InChI=1S/2C16H13ClN2O2S2/c1-10-14(15-8-22-9-19-15)6-12(7-16(10)23(18,20)21)11-2-4-13(17)5-3-11;1-10-15(23(18,20)21)7-6-13(11-2-4-12(17)5-3-11)16(10)14-8-19-9-22-14/h2*2-9H,1H3,(H2,18,20,21). The van der Waals surface area contributed by atoms with Gasteiger partial charge in [0.25, 0.3) is 0 Å². The van der Waals surface area contributed by atoms with Gasteiger partial charge in [-0.1, -0.05) is 53.5 Å². The Hall–Kier alpha value is -3.46. The van der Waals surface area contributed by atoms with E-state index in [0.717, 1.165) is 44.0 Å². The van der Waals surface area contributed by atoms with E-state index in [1.165, 1.54) is 22.7 Å². The average molecular weight is 730 g/mol. The second kappa shape index (κ2) is 13.7. The van der Waals surface area contributed by atoms with E-state index in [2.05, 4.69) is 9.97 Å². The highest BCUT2D eigenvalue weighted by Crippen LogP contribution is 2.39. The van der Waals surface area contributed by atoms with Crippen LogP contribution in [-0.2, 0) is 20.0 Å². The number of nitrogens with zero attached hydrogens (tertiary/aromatic N) is 2. The number of benzene rings is 4. The van der Waals surface area contributed by atoms with E-state index < -0.39 is 20.0 Å². The van der Waals surface area contributed by atoms with E-state index in [1.54, 1.807) is 73.5 Å². The zero-order valence-corrected chi connectivity index (χ0v) is 29.1. The van der Waals surface area contributed by atoms with Crippen molar-refractivity contribution in [1.82, 2.24) is 9.97 Å². The van der Waals surface area contributed by atoms with Gasteiger partial charge in [0.2, 0.25) is 20.0 Å². The summed E-state index contributed by atoms with van der Waals surface area (Å²) in [5.41, 5.74) is 10.4. The quantitative estimate of drug-likeness (QED) is 0.177. The first-order valence-corrected chi connectivity index (χ1v) is 19.0. The fraction of sp³-hybridized carbons (Fsp3) is 0.0625. The fourth-order valence-corrected chi connectivity index (χ4v) is 8.09. The normalized spacial score (nSPS) is 11.6. The highest BCUT2D eigenvalue weighted by molar-refractivity contribution is 7.89. The predicted octanol–water partition coefficient (Wildman–Crippen LogP) is 8.17. The number of hydrogen-bond acceptors (Lipinski definition) is 8. The maximum atomic E-state index is 12.0. The van der Waals surface area contributed by atoms with E-state index in [1.807, 2.05) is 35.7 Å². The molecule has 0 saturated heterocycles. The molecule has 2 aromatic heterocycles. The molecule has 236 valence electrons. The van der Waals surface area contributed by atoms with Crippen molar-refractivity contribution in [2.75, 3.05) is 0 Å². The van der Waals surface area contributed by atoms with Crippen molar-refractivity contribution >= 4 is 65.9 Å². The number of rotatable bonds is 6. The number of thiazole rings is 2. The van der Waals surface area contributed by atoms with Gasteiger partial charge in [-0.05, 0) is 89.7 Å². The fourth-order valence-electron chi connectivity index (χ4n) is 4.93. The Morgan fingerprint density at radius 1 is 0.674 bits per heavy atom. The number of halogens is 2. The lowest BCUT2D eigenvalue weighted by Gasteiger charge is -2.14. The van der Waals surface area contributed by atoms with Crippen LogP contribution in [0.1, 0.15) is 11.1 Å². The highest BCUT2D eigenvalue weighted by atomic mass is 35.5. The molecule has 0 fully saturated rings. The van der Waals surface area contributed by atoms with E-state index in [-0.39, 0.29) is 9.79 Å². The van der Waals surface area contributed by atoms with Crippen molar-refractivity contribution in [3.8, 4) is 44.0 Å². The summed E-state index contributed by atoms with van der Waals surface area (Å²) in [5.74, 6) is 0. The third-order valence-corrected chi connectivity index (χ3v) is 11.1. The molecule has 2 heterocycles. The van der Waals surface area contributed by atoms with Crippen LogP contribution in [0.3, 0.4) is 0 Å². The van der Waals surface area contributed by atoms with Crippen LogP contribution >= 0.6 is 45.9 Å².